The predicted molar refractivity (Wildman–Crippen MR) is 140 cm³/mol. The Bertz CT molecular complexity index is 1240. The first-order valence-corrected chi connectivity index (χ1v) is 11.7. The number of aromatic hydroxyl groups is 4. The molecule has 0 amide bonds. The van der Waals surface area contributed by atoms with Gasteiger partial charge in [-0.2, -0.15) is 0 Å². The van der Waals surface area contributed by atoms with Gasteiger partial charge in [0.1, 0.15) is 23.0 Å². The van der Waals surface area contributed by atoms with E-state index in [-0.39, 0.29) is 23.0 Å². The lowest BCUT2D eigenvalue weighted by atomic mass is 9.63. The van der Waals surface area contributed by atoms with Crippen LogP contribution in [0.1, 0.15) is 55.6 Å². The van der Waals surface area contributed by atoms with Gasteiger partial charge in [-0.05, 0) is 97.7 Å². The third-order valence-electron chi connectivity index (χ3n) is 7.08. The first-order valence-electron chi connectivity index (χ1n) is 11.7. The molecule has 4 N–H and O–H groups in total. The van der Waals surface area contributed by atoms with Crippen LogP contribution >= 0.6 is 0 Å². The molecule has 35 heavy (non-hydrogen) atoms. The summed E-state index contributed by atoms with van der Waals surface area (Å²) in [7, 11) is 0. The van der Waals surface area contributed by atoms with Crippen molar-refractivity contribution in [1.82, 2.24) is 0 Å². The minimum absolute atomic E-state index is 0.127. The van der Waals surface area contributed by atoms with Crippen molar-refractivity contribution >= 4 is 0 Å². The first-order chi connectivity index (χ1) is 16.5. The molecule has 0 heterocycles. The quantitative estimate of drug-likeness (QED) is 0.250. The van der Waals surface area contributed by atoms with Gasteiger partial charge >= 0.3 is 0 Å². The molecule has 0 radical (unpaired) electrons. The Balaban J connectivity index is 2.31. The topological polar surface area (TPSA) is 80.9 Å². The van der Waals surface area contributed by atoms with Gasteiger partial charge in [0.05, 0.1) is 5.41 Å². The number of hydrogen-bond acceptors (Lipinski definition) is 4. The van der Waals surface area contributed by atoms with Crippen LogP contribution < -0.4 is 0 Å². The summed E-state index contributed by atoms with van der Waals surface area (Å²) in [5.41, 5.74) is 6.58. The van der Waals surface area contributed by atoms with Gasteiger partial charge in [0.2, 0.25) is 0 Å². The zero-order valence-corrected chi connectivity index (χ0v) is 21.1. The van der Waals surface area contributed by atoms with Gasteiger partial charge in [-0.15, -0.1) is 0 Å². The molecule has 4 heteroatoms. The summed E-state index contributed by atoms with van der Waals surface area (Å²) in [6, 6.07) is 18.9. The molecule has 4 nitrogen and oxygen atoms in total. The Kier molecular flexibility index (Phi) is 6.02. The second-order valence-corrected chi connectivity index (χ2v) is 9.64. The van der Waals surface area contributed by atoms with Crippen LogP contribution in [-0.2, 0) is 5.41 Å². The highest BCUT2D eigenvalue weighted by molar-refractivity contribution is 5.67. The number of phenols is 4. The van der Waals surface area contributed by atoms with Crippen LogP contribution in [0.15, 0.2) is 60.7 Å². The van der Waals surface area contributed by atoms with Crippen molar-refractivity contribution in [3.05, 3.63) is 116 Å². The van der Waals surface area contributed by atoms with E-state index in [0.29, 0.717) is 5.56 Å². The van der Waals surface area contributed by atoms with Gasteiger partial charge in [-0.25, -0.2) is 0 Å². The van der Waals surface area contributed by atoms with E-state index in [1.54, 1.807) is 12.1 Å². The van der Waals surface area contributed by atoms with Crippen molar-refractivity contribution in [3.63, 3.8) is 0 Å². The largest absolute Gasteiger partial charge is 0.508 e. The van der Waals surface area contributed by atoms with Gasteiger partial charge in [0.15, 0.2) is 0 Å². The standard InChI is InChI=1S/C31H32O4/c1-17-11-23(12-18(2)28(17)33)31(26-9-7-8-10-27(26)32,24-13-19(3)29(34)20(4)14-24)25-15-21(5)30(35)22(6)16-25/h7-16,32-35H,1-6H3. The highest BCUT2D eigenvalue weighted by atomic mass is 16.3. The smallest absolute Gasteiger partial charge is 0.121 e. The van der Waals surface area contributed by atoms with Gasteiger partial charge in [0, 0.05) is 5.56 Å². The second kappa shape index (κ2) is 8.70. The minimum atomic E-state index is -0.999. The normalized spacial score (nSPS) is 11.6. The maximum Gasteiger partial charge on any atom is 0.121 e. The summed E-state index contributed by atoms with van der Waals surface area (Å²) in [6.07, 6.45) is 0. The molecule has 4 rings (SSSR count). The molecular formula is C31H32O4. The van der Waals surface area contributed by atoms with E-state index in [1.165, 1.54) is 0 Å². The Labute approximate surface area is 206 Å². The molecule has 0 aliphatic heterocycles. The molecule has 0 saturated heterocycles. The number of phenolic OH excluding ortho intramolecular Hbond substituents is 4. The zero-order chi connectivity index (χ0) is 25.7. The molecule has 0 fully saturated rings. The second-order valence-electron chi connectivity index (χ2n) is 9.64. The van der Waals surface area contributed by atoms with Crippen molar-refractivity contribution in [3.8, 4) is 23.0 Å². The zero-order valence-electron chi connectivity index (χ0n) is 21.1. The molecule has 0 atom stereocenters. The van der Waals surface area contributed by atoms with E-state index in [1.807, 2.05) is 90.1 Å². The van der Waals surface area contributed by atoms with E-state index in [9.17, 15) is 20.4 Å². The fourth-order valence-corrected chi connectivity index (χ4v) is 5.27. The predicted octanol–water partition coefficient (Wildman–Crippen LogP) is 6.74. The lowest BCUT2D eigenvalue weighted by Crippen LogP contribution is -2.32. The maximum absolute atomic E-state index is 11.3. The van der Waals surface area contributed by atoms with Crippen LogP contribution in [0, 0.1) is 41.5 Å². The molecule has 0 bridgehead atoms. The average molecular weight is 469 g/mol. The van der Waals surface area contributed by atoms with Crippen LogP contribution in [0.5, 0.6) is 23.0 Å². The van der Waals surface area contributed by atoms with Crippen LogP contribution in [0.2, 0.25) is 0 Å². The number of aryl methyl sites for hydroxylation is 6. The lowest BCUT2D eigenvalue weighted by molar-refractivity contribution is 0.457. The fraction of sp³-hybridized carbons (Fsp3) is 0.226. The molecule has 4 aromatic rings. The number of benzene rings is 4. The first kappa shape index (κ1) is 24.2. The van der Waals surface area contributed by atoms with E-state index in [0.717, 1.165) is 50.1 Å². The van der Waals surface area contributed by atoms with E-state index in [2.05, 4.69) is 0 Å². The van der Waals surface area contributed by atoms with Crippen LogP contribution in [0.4, 0.5) is 0 Å². The van der Waals surface area contributed by atoms with E-state index < -0.39 is 5.41 Å². The van der Waals surface area contributed by atoms with E-state index >= 15 is 0 Å². The van der Waals surface area contributed by atoms with Gasteiger partial charge in [-0.3, -0.25) is 0 Å². The van der Waals surface area contributed by atoms with Crippen molar-refractivity contribution in [2.24, 2.45) is 0 Å². The van der Waals surface area contributed by atoms with Gasteiger partial charge < -0.3 is 20.4 Å². The Morgan fingerprint density at radius 2 is 0.743 bits per heavy atom. The lowest BCUT2D eigenvalue weighted by Gasteiger charge is -2.38. The molecule has 0 aliphatic carbocycles. The SMILES string of the molecule is Cc1cc(C(c2cc(C)c(O)c(C)c2)(c2cc(C)c(O)c(C)c2)c2ccccc2O)cc(C)c1O. The van der Waals surface area contributed by atoms with Gasteiger partial charge in [-0.1, -0.05) is 54.6 Å². The monoisotopic (exact) mass is 468 g/mol. The average Bonchev–Trinajstić information content (AvgIpc) is 2.80. The summed E-state index contributed by atoms with van der Waals surface area (Å²) < 4.78 is 0. The van der Waals surface area contributed by atoms with Crippen molar-refractivity contribution in [2.45, 2.75) is 47.0 Å². The van der Waals surface area contributed by atoms with E-state index in [4.69, 9.17) is 0 Å². The Morgan fingerprint density at radius 1 is 0.457 bits per heavy atom. The van der Waals surface area contributed by atoms with Gasteiger partial charge in [0.25, 0.3) is 0 Å². The maximum atomic E-state index is 11.3. The summed E-state index contributed by atoms with van der Waals surface area (Å²) in [6.45, 7) is 11.2. The summed E-state index contributed by atoms with van der Waals surface area (Å²) in [5, 5.41) is 43.1. The van der Waals surface area contributed by atoms with Crippen LogP contribution in [0.25, 0.3) is 0 Å². The van der Waals surface area contributed by atoms with Crippen LogP contribution in [0.3, 0.4) is 0 Å². The number of hydrogen-bond donors (Lipinski definition) is 4. The molecule has 0 unspecified atom stereocenters. The summed E-state index contributed by atoms with van der Waals surface area (Å²) in [5.74, 6) is 0.825. The minimum Gasteiger partial charge on any atom is -0.508 e. The number of rotatable bonds is 4. The Morgan fingerprint density at radius 3 is 1.03 bits per heavy atom. The van der Waals surface area contributed by atoms with Crippen molar-refractivity contribution in [2.75, 3.05) is 0 Å². The third kappa shape index (κ3) is 3.79. The molecule has 0 spiro atoms. The van der Waals surface area contributed by atoms with Crippen molar-refractivity contribution in [1.29, 1.82) is 0 Å². The molecule has 180 valence electrons. The molecule has 4 aromatic carbocycles. The summed E-state index contributed by atoms with van der Waals surface area (Å²) >= 11 is 0. The Hall–Kier alpha value is -3.92. The molecular weight excluding hydrogens is 436 g/mol. The molecule has 0 saturated carbocycles. The molecule has 0 aliphatic rings. The highest BCUT2D eigenvalue weighted by Crippen LogP contribution is 2.51. The molecule has 0 aromatic heterocycles. The van der Waals surface area contributed by atoms with Crippen molar-refractivity contribution < 1.29 is 20.4 Å². The summed E-state index contributed by atoms with van der Waals surface area (Å²) in [4.78, 5) is 0. The fourth-order valence-electron chi connectivity index (χ4n) is 5.27. The highest BCUT2D eigenvalue weighted by Gasteiger charge is 2.42. The number of para-hydroxylation sites is 1. The third-order valence-corrected chi connectivity index (χ3v) is 7.08. The van der Waals surface area contributed by atoms with Crippen LogP contribution in [-0.4, -0.2) is 20.4 Å².